The summed E-state index contributed by atoms with van der Waals surface area (Å²) < 4.78 is 10.2. The van der Waals surface area contributed by atoms with Gasteiger partial charge in [-0.25, -0.2) is 0 Å². The third-order valence-corrected chi connectivity index (χ3v) is 2.23. The van der Waals surface area contributed by atoms with E-state index in [-0.39, 0.29) is 6.61 Å². The maximum atomic E-state index is 9.45. The topological polar surface area (TPSA) is 79.2 Å². The van der Waals surface area contributed by atoms with Crippen molar-refractivity contribution in [1.82, 2.24) is 0 Å². The maximum Gasteiger partial charge on any atom is 0.186 e. The zero-order chi connectivity index (χ0) is 10.6. The molecule has 0 aromatic rings. The Kier molecular flexibility index (Phi) is 4.77. The normalized spacial score (nSPS) is 38.6. The molecule has 0 radical (unpaired) electrons. The zero-order valence-corrected chi connectivity index (χ0v) is 8.30. The van der Waals surface area contributed by atoms with Crippen LogP contribution in [0.5, 0.6) is 0 Å². The fraction of sp³-hybridized carbons (Fsp3) is 1.00. The first kappa shape index (κ1) is 11.9. The smallest absolute Gasteiger partial charge is 0.186 e. The van der Waals surface area contributed by atoms with Crippen LogP contribution in [0.3, 0.4) is 0 Å². The van der Waals surface area contributed by atoms with E-state index in [1.54, 1.807) is 0 Å². The Morgan fingerprint density at radius 1 is 1.29 bits per heavy atom. The Hall–Kier alpha value is -0.200. The minimum Gasteiger partial charge on any atom is -0.388 e. The van der Waals surface area contributed by atoms with Crippen molar-refractivity contribution >= 4 is 0 Å². The molecule has 0 amide bonds. The molecule has 1 heterocycles. The van der Waals surface area contributed by atoms with Crippen molar-refractivity contribution in [2.75, 3.05) is 13.2 Å². The van der Waals surface area contributed by atoms with Gasteiger partial charge in [-0.1, -0.05) is 13.3 Å². The van der Waals surface area contributed by atoms with Crippen molar-refractivity contribution < 1.29 is 24.8 Å². The van der Waals surface area contributed by atoms with Gasteiger partial charge in [-0.3, -0.25) is 0 Å². The summed E-state index contributed by atoms with van der Waals surface area (Å²) in [6.45, 7) is 2.51. The summed E-state index contributed by atoms with van der Waals surface area (Å²) in [6, 6.07) is 0. The zero-order valence-electron chi connectivity index (χ0n) is 8.30. The van der Waals surface area contributed by atoms with E-state index in [0.717, 1.165) is 12.8 Å². The van der Waals surface area contributed by atoms with Crippen molar-refractivity contribution in [3.8, 4) is 0 Å². The molecule has 0 aromatic carbocycles. The fourth-order valence-corrected chi connectivity index (χ4v) is 1.27. The number of unbranched alkanes of at least 4 members (excludes halogenated alkanes) is 1. The van der Waals surface area contributed by atoms with E-state index < -0.39 is 24.6 Å². The van der Waals surface area contributed by atoms with Gasteiger partial charge in [0.15, 0.2) is 6.29 Å². The first-order valence-electron chi connectivity index (χ1n) is 4.94. The summed E-state index contributed by atoms with van der Waals surface area (Å²) in [7, 11) is 0. The average Bonchev–Trinajstić information content (AvgIpc) is 2.18. The molecule has 1 aliphatic rings. The van der Waals surface area contributed by atoms with Gasteiger partial charge in [0.1, 0.15) is 18.3 Å². The van der Waals surface area contributed by atoms with Crippen LogP contribution in [0.15, 0.2) is 0 Å². The van der Waals surface area contributed by atoms with Gasteiger partial charge in [-0.15, -0.1) is 0 Å². The predicted octanol–water partition coefficient (Wildman–Crippen LogP) is -0.758. The standard InChI is InChI=1S/C9H18O5/c1-2-3-4-13-9-8(12)7(11)6(10)5-14-9/h6-12H,2-5H2,1H3/t6-,7-,8+,9-/m1/s1. The van der Waals surface area contributed by atoms with Gasteiger partial charge < -0.3 is 24.8 Å². The van der Waals surface area contributed by atoms with E-state index in [9.17, 15) is 10.2 Å². The molecule has 5 nitrogen and oxygen atoms in total. The van der Waals surface area contributed by atoms with Crippen LogP contribution in [0.4, 0.5) is 0 Å². The van der Waals surface area contributed by atoms with Crippen LogP contribution in [-0.4, -0.2) is 53.1 Å². The minimum absolute atomic E-state index is 0.00494. The highest BCUT2D eigenvalue weighted by Gasteiger charge is 2.37. The average molecular weight is 206 g/mol. The third-order valence-electron chi connectivity index (χ3n) is 2.23. The van der Waals surface area contributed by atoms with E-state index >= 15 is 0 Å². The molecule has 14 heavy (non-hydrogen) atoms. The second-order valence-electron chi connectivity index (χ2n) is 3.47. The molecule has 1 fully saturated rings. The first-order valence-corrected chi connectivity index (χ1v) is 4.94. The lowest BCUT2D eigenvalue weighted by atomic mass is 10.1. The summed E-state index contributed by atoms with van der Waals surface area (Å²) in [5, 5.41) is 27.9. The molecule has 4 atom stereocenters. The Balaban J connectivity index is 2.31. The van der Waals surface area contributed by atoms with Crippen molar-refractivity contribution in [3.63, 3.8) is 0 Å². The highest BCUT2D eigenvalue weighted by atomic mass is 16.7. The second kappa shape index (κ2) is 5.63. The monoisotopic (exact) mass is 206 g/mol. The second-order valence-corrected chi connectivity index (χ2v) is 3.47. The van der Waals surface area contributed by atoms with Crippen LogP contribution in [0.1, 0.15) is 19.8 Å². The van der Waals surface area contributed by atoms with Gasteiger partial charge in [-0.2, -0.15) is 0 Å². The van der Waals surface area contributed by atoms with Crippen LogP contribution in [0.25, 0.3) is 0 Å². The molecule has 0 spiro atoms. The van der Waals surface area contributed by atoms with Crippen LogP contribution < -0.4 is 0 Å². The number of aliphatic hydroxyl groups excluding tert-OH is 3. The molecular formula is C9H18O5. The Morgan fingerprint density at radius 3 is 2.64 bits per heavy atom. The van der Waals surface area contributed by atoms with E-state index in [4.69, 9.17) is 14.6 Å². The largest absolute Gasteiger partial charge is 0.388 e. The number of ether oxygens (including phenoxy) is 2. The molecule has 0 saturated carbocycles. The van der Waals surface area contributed by atoms with Crippen LogP contribution in [-0.2, 0) is 9.47 Å². The van der Waals surface area contributed by atoms with Gasteiger partial charge in [0.05, 0.1) is 6.61 Å². The Bertz CT molecular complexity index is 163. The lowest BCUT2D eigenvalue weighted by molar-refractivity contribution is -0.269. The third kappa shape index (κ3) is 2.90. The van der Waals surface area contributed by atoms with Crippen molar-refractivity contribution in [2.45, 2.75) is 44.4 Å². The number of rotatable bonds is 4. The molecule has 1 aliphatic heterocycles. The predicted molar refractivity (Wildman–Crippen MR) is 48.6 cm³/mol. The van der Waals surface area contributed by atoms with Gasteiger partial charge in [-0.05, 0) is 6.42 Å². The molecule has 84 valence electrons. The Labute approximate surface area is 83.3 Å². The SMILES string of the molecule is CCCCO[C@@H]1OC[C@@H](O)[C@@H](O)[C@@H]1O. The molecular weight excluding hydrogens is 188 g/mol. The summed E-state index contributed by atoms with van der Waals surface area (Å²) >= 11 is 0. The van der Waals surface area contributed by atoms with Gasteiger partial charge in [0.2, 0.25) is 0 Å². The molecule has 1 rings (SSSR count). The van der Waals surface area contributed by atoms with E-state index in [1.165, 1.54) is 0 Å². The van der Waals surface area contributed by atoms with Crippen molar-refractivity contribution in [1.29, 1.82) is 0 Å². The van der Waals surface area contributed by atoms with E-state index in [1.807, 2.05) is 6.92 Å². The molecule has 0 unspecified atom stereocenters. The summed E-state index contributed by atoms with van der Waals surface area (Å²) in [4.78, 5) is 0. The van der Waals surface area contributed by atoms with Crippen molar-refractivity contribution in [3.05, 3.63) is 0 Å². The maximum absolute atomic E-state index is 9.45. The van der Waals surface area contributed by atoms with Gasteiger partial charge in [0, 0.05) is 6.61 Å². The van der Waals surface area contributed by atoms with Gasteiger partial charge in [0.25, 0.3) is 0 Å². The lowest BCUT2D eigenvalue weighted by Crippen LogP contribution is -2.53. The molecule has 0 bridgehead atoms. The quantitative estimate of drug-likeness (QED) is 0.527. The lowest BCUT2D eigenvalue weighted by Gasteiger charge is -2.34. The molecule has 0 aromatic heterocycles. The van der Waals surface area contributed by atoms with Gasteiger partial charge >= 0.3 is 0 Å². The molecule has 0 aliphatic carbocycles. The van der Waals surface area contributed by atoms with E-state index in [2.05, 4.69) is 0 Å². The summed E-state index contributed by atoms with van der Waals surface area (Å²) in [5.74, 6) is 0. The minimum atomic E-state index is -1.18. The van der Waals surface area contributed by atoms with Crippen molar-refractivity contribution in [2.24, 2.45) is 0 Å². The summed E-state index contributed by atoms with van der Waals surface area (Å²) in [5.41, 5.74) is 0. The highest BCUT2D eigenvalue weighted by molar-refractivity contribution is 4.82. The summed E-state index contributed by atoms with van der Waals surface area (Å²) in [6.07, 6.45) is -2.33. The molecule has 3 N–H and O–H groups in total. The van der Waals surface area contributed by atoms with Crippen LogP contribution >= 0.6 is 0 Å². The van der Waals surface area contributed by atoms with Crippen LogP contribution in [0.2, 0.25) is 0 Å². The first-order chi connectivity index (χ1) is 6.66. The van der Waals surface area contributed by atoms with E-state index in [0.29, 0.717) is 6.61 Å². The number of aliphatic hydroxyl groups is 3. The molecule has 5 heteroatoms. The number of hydrogen-bond donors (Lipinski definition) is 3. The Morgan fingerprint density at radius 2 is 2.00 bits per heavy atom. The van der Waals surface area contributed by atoms with Crippen LogP contribution in [0, 0.1) is 0 Å². The number of hydrogen-bond acceptors (Lipinski definition) is 5. The fourth-order valence-electron chi connectivity index (χ4n) is 1.27. The molecule has 1 saturated heterocycles. The highest BCUT2D eigenvalue weighted by Crippen LogP contribution is 2.16.